The second-order valence-corrected chi connectivity index (χ2v) is 13.8. The number of methoxy groups -OCH3 is 1. The molecule has 4 rings (SSSR count). The number of rotatable bonds is 14. The number of carbonyl (C=O) groups excluding carboxylic acids is 2. The summed E-state index contributed by atoms with van der Waals surface area (Å²) >= 11 is 12.7. The van der Waals surface area contributed by atoms with Crippen LogP contribution >= 0.6 is 23.2 Å². The van der Waals surface area contributed by atoms with E-state index in [0.29, 0.717) is 33.5 Å². The smallest absolute Gasteiger partial charge is 0.243 e. The quantitative estimate of drug-likeness (QED) is 0.221. The van der Waals surface area contributed by atoms with Crippen molar-refractivity contribution in [2.45, 2.75) is 63.6 Å². The zero-order valence-electron chi connectivity index (χ0n) is 25.0. The molecule has 1 atom stereocenters. The standard InChI is InChI=1S/C33H39Cl2N3O5S/c1-43-29-18-16-28(17-19-29)38(44(2,41)42)20-8-13-32(39)37(23-25-14-15-26(34)22-30(25)35)31(21-24-9-4-3-5-10-24)33(40)36-27-11-6-7-12-27/h3-5,9-10,14-19,22,27,31H,6-8,11-13,20-21,23H2,1-2H3,(H,36,40)/t31-/m1/s1. The highest BCUT2D eigenvalue weighted by atomic mass is 35.5. The molecule has 3 aromatic carbocycles. The van der Waals surface area contributed by atoms with Crippen molar-refractivity contribution >= 4 is 50.7 Å². The number of ether oxygens (including phenoxy) is 1. The summed E-state index contributed by atoms with van der Waals surface area (Å²) in [4.78, 5) is 29.5. The van der Waals surface area contributed by atoms with Crippen molar-refractivity contribution in [2.75, 3.05) is 24.2 Å². The number of benzene rings is 3. The van der Waals surface area contributed by atoms with Crippen molar-refractivity contribution in [3.63, 3.8) is 0 Å². The van der Waals surface area contributed by atoms with Crippen LogP contribution in [0.2, 0.25) is 10.0 Å². The van der Waals surface area contributed by atoms with E-state index in [4.69, 9.17) is 27.9 Å². The summed E-state index contributed by atoms with van der Waals surface area (Å²) in [5.41, 5.74) is 2.05. The highest BCUT2D eigenvalue weighted by Gasteiger charge is 2.32. The minimum atomic E-state index is -3.62. The van der Waals surface area contributed by atoms with Crippen LogP contribution in [0, 0.1) is 0 Å². The SMILES string of the molecule is COc1ccc(N(CCCC(=O)N(Cc2ccc(Cl)cc2Cl)[C@H](Cc2ccccc2)C(=O)NC2CCCC2)S(C)(=O)=O)cc1. The Morgan fingerprint density at radius 3 is 2.30 bits per heavy atom. The molecule has 1 aliphatic rings. The number of hydrogen-bond donors (Lipinski definition) is 1. The van der Waals surface area contributed by atoms with Gasteiger partial charge in [0.25, 0.3) is 0 Å². The largest absolute Gasteiger partial charge is 0.497 e. The van der Waals surface area contributed by atoms with Gasteiger partial charge in [0.2, 0.25) is 21.8 Å². The molecule has 2 amide bonds. The van der Waals surface area contributed by atoms with Gasteiger partial charge in [0.05, 0.1) is 19.1 Å². The van der Waals surface area contributed by atoms with Gasteiger partial charge in [-0.3, -0.25) is 13.9 Å². The van der Waals surface area contributed by atoms with Gasteiger partial charge < -0.3 is 15.0 Å². The molecular weight excluding hydrogens is 621 g/mol. The summed E-state index contributed by atoms with van der Waals surface area (Å²) in [7, 11) is -2.09. The molecule has 0 spiro atoms. The molecule has 0 heterocycles. The summed E-state index contributed by atoms with van der Waals surface area (Å²) in [6.07, 6.45) is 5.65. The van der Waals surface area contributed by atoms with Crippen LogP contribution in [0.5, 0.6) is 5.75 Å². The van der Waals surface area contributed by atoms with Gasteiger partial charge in [0, 0.05) is 42.0 Å². The van der Waals surface area contributed by atoms with Gasteiger partial charge in [0.1, 0.15) is 11.8 Å². The van der Waals surface area contributed by atoms with E-state index in [2.05, 4.69) is 5.32 Å². The Morgan fingerprint density at radius 2 is 1.68 bits per heavy atom. The van der Waals surface area contributed by atoms with E-state index in [1.54, 1.807) is 47.4 Å². The lowest BCUT2D eigenvalue weighted by Gasteiger charge is -2.33. The molecule has 8 nitrogen and oxygen atoms in total. The summed E-state index contributed by atoms with van der Waals surface area (Å²) in [5, 5.41) is 4.05. The Bertz CT molecular complexity index is 1510. The van der Waals surface area contributed by atoms with Crippen LogP contribution in [0.3, 0.4) is 0 Å². The van der Waals surface area contributed by atoms with E-state index >= 15 is 0 Å². The number of halogens is 2. The van der Waals surface area contributed by atoms with Gasteiger partial charge in [-0.05, 0) is 66.8 Å². The Hall–Kier alpha value is -3.27. The molecular formula is C33H39Cl2N3O5S. The Balaban J connectivity index is 1.60. The van der Waals surface area contributed by atoms with E-state index in [-0.39, 0.29) is 43.8 Å². The zero-order valence-corrected chi connectivity index (χ0v) is 27.4. The monoisotopic (exact) mass is 659 g/mol. The average molecular weight is 661 g/mol. The number of hydrogen-bond acceptors (Lipinski definition) is 5. The van der Waals surface area contributed by atoms with E-state index in [1.165, 1.54) is 11.4 Å². The molecule has 44 heavy (non-hydrogen) atoms. The van der Waals surface area contributed by atoms with Crippen LogP contribution in [-0.2, 0) is 32.6 Å². The lowest BCUT2D eigenvalue weighted by Crippen LogP contribution is -2.52. The van der Waals surface area contributed by atoms with Gasteiger partial charge in [-0.1, -0.05) is 72.4 Å². The molecule has 0 radical (unpaired) electrons. The van der Waals surface area contributed by atoms with Gasteiger partial charge in [-0.15, -0.1) is 0 Å². The fraction of sp³-hybridized carbons (Fsp3) is 0.394. The lowest BCUT2D eigenvalue weighted by molar-refractivity contribution is -0.141. The van der Waals surface area contributed by atoms with E-state index < -0.39 is 16.1 Å². The summed E-state index contributed by atoms with van der Waals surface area (Å²) in [6.45, 7) is 0.183. The van der Waals surface area contributed by atoms with Gasteiger partial charge in [0.15, 0.2) is 0 Å². The third-order valence-corrected chi connectivity index (χ3v) is 9.62. The summed E-state index contributed by atoms with van der Waals surface area (Å²) < 4.78 is 31.8. The van der Waals surface area contributed by atoms with Crippen LogP contribution in [-0.4, -0.2) is 57.1 Å². The zero-order chi connectivity index (χ0) is 31.7. The molecule has 11 heteroatoms. The summed E-state index contributed by atoms with van der Waals surface area (Å²) in [5.74, 6) is 0.117. The third-order valence-electron chi connectivity index (χ3n) is 7.84. The minimum absolute atomic E-state index is 0.0232. The molecule has 236 valence electrons. The first-order valence-corrected chi connectivity index (χ1v) is 17.3. The fourth-order valence-corrected chi connectivity index (χ4v) is 6.94. The lowest BCUT2D eigenvalue weighted by atomic mass is 10.0. The molecule has 0 saturated heterocycles. The maximum atomic E-state index is 14.0. The number of carbonyl (C=O) groups is 2. The van der Waals surface area contributed by atoms with Crippen molar-refractivity contribution < 1.29 is 22.7 Å². The van der Waals surface area contributed by atoms with Crippen molar-refractivity contribution in [3.05, 3.63) is 94.0 Å². The average Bonchev–Trinajstić information content (AvgIpc) is 3.51. The van der Waals surface area contributed by atoms with E-state index in [0.717, 1.165) is 37.5 Å². The van der Waals surface area contributed by atoms with Crippen molar-refractivity contribution in [1.82, 2.24) is 10.2 Å². The molecule has 1 fully saturated rings. The van der Waals surface area contributed by atoms with E-state index in [9.17, 15) is 18.0 Å². The maximum absolute atomic E-state index is 14.0. The second kappa shape index (κ2) is 15.6. The van der Waals surface area contributed by atoms with E-state index in [1.807, 2.05) is 30.3 Å². The molecule has 0 aliphatic heterocycles. The molecule has 0 aromatic heterocycles. The normalized spacial score (nSPS) is 14.2. The number of sulfonamides is 1. The van der Waals surface area contributed by atoms with Crippen LogP contribution in [0.4, 0.5) is 5.69 Å². The van der Waals surface area contributed by atoms with Gasteiger partial charge in [-0.2, -0.15) is 0 Å². The first kappa shape index (κ1) is 33.6. The first-order chi connectivity index (χ1) is 21.0. The minimum Gasteiger partial charge on any atom is -0.497 e. The highest BCUT2D eigenvalue weighted by Crippen LogP contribution is 2.26. The second-order valence-electron chi connectivity index (χ2n) is 11.1. The predicted octanol–water partition coefficient (Wildman–Crippen LogP) is 6.25. The van der Waals surface area contributed by atoms with Crippen LogP contribution < -0.4 is 14.4 Å². The third kappa shape index (κ3) is 9.36. The van der Waals surface area contributed by atoms with Crippen molar-refractivity contribution in [3.8, 4) is 5.75 Å². The van der Waals surface area contributed by atoms with Gasteiger partial charge >= 0.3 is 0 Å². The fourth-order valence-electron chi connectivity index (χ4n) is 5.51. The summed E-state index contributed by atoms with van der Waals surface area (Å²) in [6, 6.07) is 20.7. The molecule has 3 aromatic rings. The van der Waals surface area contributed by atoms with Crippen LogP contribution in [0.1, 0.15) is 49.7 Å². The van der Waals surface area contributed by atoms with Crippen molar-refractivity contribution in [2.24, 2.45) is 0 Å². The Labute approximate surface area is 270 Å². The Morgan fingerprint density at radius 1 is 1.00 bits per heavy atom. The number of nitrogens with zero attached hydrogens (tertiary/aromatic N) is 2. The predicted molar refractivity (Wildman–Crippen MR) is 176 cm³/mol. The number of anilines is 1. The van der Waals surface area contributed by atoms with Crippen molar-refractivity contribution in [1.29, 1.82) is 0 Å². The highest BCUT2D eigenvalue weighted by molar-refractivity contribution is 7.92. The number of amides is 2. The first-order valence-electron chi connectivity index (χ1n) is 14.7. The molecule has 1 N–H and O–H groups in total. The molecule has 0 bridgehead atoms. The molecule has 1 aliphatic carbocycles. The molecule has 0 unspecified atom stereocenters. The van der Waals surface area contributed by atoms with Gasteiger partial charge in [-0.25, -0.2) is 8.42 Å². The topological polar surface area (TPSA) is 96.0 Å². The molecule has 1 saturated carbocycles. The Kier molecular flexibility index (Phi) is 11.9. The van der Waals surface area contributed by atoms with Crippen LogP contribution in [0.15, 0.2) is 72.8 Å². The number of nitrogens with one attached hydrogen (secondary N) is 1. The maximum Gasteiger partial charge on any atom is 0.243 e. The van der Waals surface area contributed by atoms with Crippen LogP contribution in [0.25, 0.3) is 0 Å².